The highest BCUT2D eigenvalue weighted by Gasteiger charge is 2.28. The van der Waals surface area contributed by atoms with E-state index in [0.717, 1.165) is 33.5 Å². The van der Waals surface area contributed by atoms with Gasteiger partial charge in [0.05, 0.1) is 27.8 Å². The van der Waals surface area contributed by atoms with E-state index in [-0.39, 0.29) is 0 Å². The smallest absolute Gasteiger partial charge is 0.165 e. The largest absolute Gasteiger partial charge is 0.307 e. The number of rotatable bonds is 4. The Labute approximate surface area is 321 Å². The van der Waals surface area contributed by atoms with E-state index in [1.54, 1.807) is 0 Å². The van der Waals surface area contributed by atoms with Crippen LogP contribution in [0.15, 0.2) is 182 Å². The summed E-state index contributed by atoms with van der Waals surface area (Å²) in [6.07, 6.45) is 1.88. The lowest BCUT2D eigenvalue weighted by Gasteiger charge is -2.15. The van der Waals surface area contributed by atoms with E-state index in [2.05, 4.69) is 124 Å². The molecular weight excluding hydrogens is 685 g/mol. The molecule has 4 aromatic heterocycles. The molecule has 0 spiro atoms. The van der Waals surface area contributed by atoms with Crippen LogP contribution in [0.4, 0.5) is 0 Å². The Kier molecular flexibility index (Phi) is 6.53. The molecule has 0 fully saturated rings. The number of benzene rings is 7. The third-order valence-corrected chi connectivity index (χ3v) is 11.2. The summed E-state index contributed by atoms with van der Waals surface area (Å²) < 4.78 is 4.80. The van der Waals surface area contributed by atoms with Gasteiger partial charge in [0.1, 0.15) is 5.82 Å². The summed E-state index contributed by atoms with van der Waals surface area (Å²) >= 11 is 0. The van der Waals surface area contributed by atoms with Crippen LogP contribution in [0, 0.1) is 0 Å². The van der Waals surface area contributed by atoms with Crippen molar-refractivity contribution in [3.8, 4) is 67.9 Å². The van der Waals surface area contributed by atoms with E-state index >= 15 is 0 Å². The number of aromatic nitrogens is 6. The molecule has 0 radical (unpaired) electrons. The van der Waals surface area contributed by atoms with Crippen LogP contribution in [0.5, 0.6) is 0 Å². The molecule has 0 atom stereocenters. The lowest BCUT2D eigenvalue weighted by Crippen LogP contribution is -2.02. The van der Waals surface area contributed by atoms with E-state index in [4.69, 9.17) is 19.9 Å². The van der Waals surface area contributed by atoms with Crippen LogP contribution in [-0.4, -0.2) is 29.1 Å². The predicted molar refractivity (Wildman–Crippen MR) is 227 cm³/mol. The van der Waals surface area contributed by atoms with Crippen LogP contribution in [0.25, 0.3) is 112 Å². The maximum atomic E-state index is 5.14. The van der Waals surface area contributed by atoms with Gasteiger partial charge in [-0.3, -0.25) is 4.57 Å². The van der Waals surface area contributed by atoms with Gasteiger partial charge in [-0.2, -0.15) is 0 Å². The molecule has 12 rings (SSSR count). The molecule has 0 bridgehead atoms. The first-order valence-corrected chi connectivity index (χ1v) is 18.8. The predicted octanol–water partition coefficient (Wildman–Crippen LogP) is 12.1. The summed E-state index contributed by atoms with van der Waals surface area (Å²) in [5, 5.41) is 4.86. The molecular formula is C50H30N6. The van der Waals surface area contributed by atoms with Gasteiger partial charge in [-0.05, 0) is 41.5 Å². The standard InChI is InChI=1S/C50H30N6/c1-3-14-31(15-4-1)48-52-49(32-16-5-2-6-17-32)54-50(53-48)33-26-29-44(51-30-33)55-42-25-12-10-21-40(42)45-43(55)28-27-39-35-19-8-7-18-34(35)37-22-13-23-38-36-20-9-11-24-41(36)56(46(37)38)47(39)45/h1-30H. The summed E-state index contributed by atoms with van der Waals surface area (Å²) in [6.45, 7) is 0. The molecule has 0 saturated heterocycles. The number of para-hydroxylation sites is 3. The summed E-state index contributed by atoms with van der Waals surface area (Å²) in [5.74, 6) is 2.63. The molecule has 0 aliphatic carbocycles. The molecule has 7 aromatic carbocycles. The lowest BCUT2D eigenvalue weighted by molar-refractivity contribution is 1.05. The molecule has 5 heterocycles. The first kappa shape index (κ1) is 30.7. The maximum Gasteiger partial charge on any atom is 0.165 e. The quantitative estimate of drug-likeness (QED) is 0.182. The van der Waals surface area contributed by atoms with E-state index < -0.39 is 0 Å². The molecule has 6 heteroatoms. The Morgan fingerprint density at radius 3 is 1.57 bits per heavy atom. The lowest BCUT2D eigenvalue weighted by atomic mass is 9.92. The molecule has 1 aliphatic rings. The van der Waals surface area contributed by atoms with Gasteiger partial charge in [0, 0.05) is 55.6 Å². The van der Waals surface area contributed by atoms with E-state index in [1.165, 1.54) is 60.5 Å². The Balaban J connectivity index is 1.10. The zero-order chi connectivity index (χ0) is 36.7. The second kappa shape index (κ2) is 11.9. The third kappa shape index (κ3) is 4.44. The number of fused-ring (bicyclic) bond motifs is 12. The second-order valence-corrected chi connectivity index (χ2v) is 14.3. The van der Waals surface area contributed by atoms with Gasteiger partial charge in [0.2, 0.25) is 0 Å². The highest BCUT2D eigenvalue weighted by Crippen LogP contribution is 2.50. The number of hydrogen-bond acceptors (Lipinski definition) is 4. The highest BCUT2D eigenvalue weighted by atomic mass is 15.1. The van der Waals surface area contributed by atoms with Crippen molar-refractivity contribution in [1.82, 2.24) is 29.1 Å². The number of hydrogen-bond donors (Lipinski definition) is 0. The first-order chi connectivity index (χ1) is 27.8. The summed E-state index contributed by atoms with van der Waals surface area (Å²) in [5.41, 5.74) is 13.4. The topological polar surface area (TPSA) is 61.4 Å². The van der Waals surface area contributed by atoms with E-state index in [9.17, 15) is 0 Å². The zero-order valence-electron chi connectivity index (χ0n) is 30.0. The highest BCUT2D eigenvalue weighted by molar-refractivity contribution is 6.22. The Morgan fingerprint density at radius 1 is 0.339 bits per heavy atom. The van der Waals surface area contributed by atoms with Gasteiger partial charge in [-0.1, -0.05) is 146 Å². The minimum Gasteiger partial charge on any atom is -0.307 e. The van der Waals surface area contributed by atoms with Gasteiger partial charge < -0.3 is 4.57 Å². The fourth-order valence-corrected chi connectivity index (χ4v) is 8.75. The van der Waals surface area contributed by atoms with Crippen molar-refractivity contribution in [3.63, 3.8) is 0 Å². The van der Waals surface area contributed by atoms with E-state index in [0.29, 0.717) is 17.5 Å². The van der Waals surface area contributed by atoms with Gasteiger partial charge in [-0.25, -0.2) is 19.9 Å². The molecule has 11 aromatic rings. The van der Waals surface area contributed by atoms with Crippen LogP contribution in [-0.2, 0) is 0 Å². The number of nitrogens with zero attached hydrogens (tertiary/aromatic N) is 6. The normalized spacial score (nSPS) is 11.9. The Morgan fingerprint density at radius 2 is 0.893 bits per heavy atom. The minimum atomic E-state index is 0.574. The molecule has 260 valence electrons. The average Bonchev–Trinajstić information content (AvgIpc) is 3.75. The minimum absolute atomic E-state index is 0.574. The molecule has 6 nitrogen and oxygen atoms in total. The van der Waals surface area contributed by atoms with Crippen molar-refractivity contribution in [2.45, 2.75) is 0 Å². The first-order valence-electron chi connectivity index (χ1n) is 18.8. The Bertz CT molecular complexity index is 3290. The molecule has 0 unspecified atom stereocenters. The second-order valence-electron chi connectivity index (χ2n) is 14.3. The fraction of sp³-hybridized carbons (Fsp3) is 0. The SMILES string of the molecule is c1ccc(-c2nc(-c3ccccc3)nc(-c3ccc(-n4c5ccccc5c5c6c(ccc54)-c4ccccc4-c4cccc5c7ccccc7n-6c45)nc3)n2)cc1. The van der Waals surface area contributed by atoms with Gasteiger partial charge >= 0.3 is 0 Å². The van der Waals surface area contributed by atoms with Crippen molar-refractivity contribution < 1.29 is 0 Å². The van der Waals surface area contributed by atoms with Crippen molar-refractivity contribution in [2.24, 2.45) is 0 Å². The van der Waals surface area contributed by atoms with Crippen molar-refractivity contribution >= 4 is 43.6 Å². The molecule has 56 heavy (non-hydrogen) atoms. The van der Waals surface area contributed by atoms with Gasteiger partial charge in [0.25, 0.3) is 0 Å². The van der Waals surface area contributed by atoms with Crippen LogP contribution in [0.2, 0.25) is 0 Å². The van der Waals surface area contributed by atoms with Gasteiger partial charge in [-0.15, -0.1) is 0 Å². The molecule has 1 aliphatic heterocycles. The van der Waals surface area contributed by atoms with Crippen molar-refractivity contribution in [1.29, 1.82) is 0 Å². The number of pyridine rings is 1. The van der Waals surface area contributed by atoms with E-state index in [1.807, 2.05) is 66.9 Å². The summed E-state index contributed by atoms with van der Waals surface area (Å²) in [6, 6.07) is 61.9. The van der Waals surface area contributed by atoms with Crippen LogP contribution in [0.1, 0.15) is 0 Å². The summed E-state index contributed by atoms with van der Waals surface area (Å²) in [7, 11) is 0. The zero-order valence-corrected chi connectivity index (χ0v) is 30.0. The molecule has 0 saturated carbocycles. The maximum absolute atomic E-state index is 5.14. The van der Waals surface area contributed by atoms with Crippen LogP contribution < -0.4 is 0 Å². The third-order valence-electron chi connectivity index (χ3n) is 11.2. The fourth-order valence-electron chi connectivity index (χ4n) is 8.75. The van der Waals surface area contributed by atoms with Crippen molar-refractivity contribution in [2.75, 3.05) is 0 Å². The molecule has 0 amide bonds. The van der Waals surface area contributed by atoms with Crippen LogP contribution >= 0.6 is 0 Å². The average molecular weight is 715 g/mol. The monoisotopic (exact) mass is 714 g/mol. The summed E-state index contributed by atoms with van der Waals surface area (Å²) in [4.78, 5) is 19.9. The van der Waals surface area contributed by atoms with Crippen LogP contribution in [0.3, 0.4) is 0 Å². The molecule has 0 N–H and O–H groups in total. The van der Waals surface area contributed by atoms with Gasteiger partial charge in [0.15, 0.2) is 17.5 Å². The Hall–Kier alpha value is -7.70. The van der Waals surface area contributed by atoms with Crippen molar-refractivity contribution in [3.05, 3.63) is 182 Å².